The quantitative estimate of drug-likeness (QED) is 0.574. The topological polar surface area (TPSA) is 95.8 Å². The Morgan fingerprint density at radius 2 is 1.80 bits per heavy atom. The van der Waals surface area contributed by atoms with E-state index in [0.717, 1.165) is 17.8 Å². The maximum absolute atomic E-state index is 13.6. The summed E-state index contributed by atoms with van der Waals surface area (Å²) in [6.45, 7) is 1.98. The van der Waals surface area contributed by atoms with E-state index < -0.39 is 22.5 Å². The molecule has 10 heteroatoms. The van der Waals surface area contributed by atoms with Crippen LogP contribution in [0.4, 0.5) is 20.2 Å². The zero-order valence-corrected chi connectivity index (χ0v) is 16.0. The molecule has 2 aromatic carbocycles. The van der Waals surface area contributed by atoms with E-state index in [-0.39, 0.29) is 30.1 Å². The van der Waals surface area contributed by atoms with Gasteiger partial charge in [0.05, 0.1) is 10.5 Å². The molecule has 0 atom stereocenters. The third-order valence-corrected chi connectivity index (χ3v) is 4.84. The zero-order chi connectivity index (χ0) is 21.7. The first-order valence-corrected chi connectivity index (χ1v) is 9.35. The Morgan fingerprint density at radius 3 is 2.47 bits per heavy atom. The Morgan fingerprint density at radius 1 is 1.07 bits per heavy atom. The van der Waals surface area contributed by atoms with Crippen molar-refractivity contribution < 1.29 is 23.3 Å². The fourth-order valence-corrected chi connectivity index (χ4v) is 3.23. The summed E-state index contributed by atoms with van der Waals surface area (Å²) in [6, 6.07) is 9.00. The van der Waals surface area contributed by atoms with Gasteiger partial charge in [0.2, 0.25) is 5.91 Å². The van der Waals surface area contributed by atoms with Crippen molar-refractivity contribution in [1.82, 2.24) is 10.2 Å². The van der Waals surface area contributed by atoms with Crippen molar-refractivity contribution in [3.63, 3.8) is 0 Å². The van der Waals surface area contributed by atoms with Gasteiger partial charge in [-0.25, -0.2) is 8.78 Å². The minimum Gasteiger partial charge on any atom is -0.368 e. The van der Waals surface area contributed by atoms with Crippen LogP contribution >= 0.6 is 0 Å². The van der Waals surface area contributed by atoms with E-state index in [4.69, 9.17) is 0 Å². The number of nitro groups is 1. The number of amides is 2. The minimum absolute atomic E-state index is 0.0133. The van der Waals surface area contributed by atoms with Gasteiger partial charge in [-0.2, -0.15) is 0 Å². The van der Waals surface area contributed by atoms with Gasteiger partial charge in [-0.05, 0) is 18.2 Å². The Hall–Kier alpha value is -3.56. The smallest absolute Gasteiger partial charge is 0.271 e. The number of anilines is 1. The van der Waals surface area contributed by atoms with E-state index in [0.29, 0.717) is 32.2 Å². The van der Waals surface area contributed by atoms with Crippen LogP contribution in [0.3, 0.4) is 0 Å². The number of carbonyl (C=O) groups excluding carboxylic acids is 2. The van der Waals surface area contributed by atoms with Crippen LogP contribution in [0, 0.1) is 21.7 Å². The summed E-state index contributed by atoms with van der Waals surface area (Å²) in [6.07, 6.45) is 0.0470. The third-order valence-electron chi connectivity index (χ3n) is 4.84. The fourth-order valence-electron chi connectivity index (χ4n) is 3.23. The summed E-state index contributed by atoms with van der Waals surface area (Å²) in [7, 11) is 0. The lowest BCUT2D eigenvalue weighted by atomic mass is 10.2. The molecule has 30 heavy (non-hydrogen) atoms. The van der Waals surface area contributed by atoms with Crippen LogP contribution in [0.15, 0.2) is 42.5 Å². The summed E-state index contributed by atoms with van der Waals surface area (Å²) in [5.74, 6) is -2.61. The zero-order valence-electron chi connectivity index (χ0n) is 16.0. The summed E-state index contributed by atoms with van der Waals surface area (Å²) in [5.41, 5.74) is 0.457. The predicted octanol–water partition coefficient (Wildman–Crippen LogP) is 2.34. The van der Waals surface area contributed by atoms with E-state index in [9.17, 15) is 28.5 Å². The molecule has 0 aliphatic carbocycles. The normalized spacial score (nSPS) is 13.8. The molecule has 0 radical (unpaired) electrons. The van der Waals surface area contributed by atoms with Crippen LogP contribution in [0.25, 0.3) is 0 Å². The van der Waals surface area contributed by atoms with Crippen LogP contribution < -0.4 is 10.2 Å². The van der Waals surface area contributed by atoms with Gasteiger partial charge in [0.25, 0.3) is 11.6 Å². The summed E-state index contributed by atoms with van der Waals surface area (Å²) in [5, 5.41) is 13.4. The molecule has 0 bridgehead atoms. The van der Waals surface area contributed by atoms with Crippen LogP contribution in [0.5, 0.6) is 0 Å². The summed E-state index contributed by atoms with van der Waals surface area (Å²) < 4.78 is 26.5. The second kappa shape index (κ2) is 9.29. The molecule has 3 rings (SSSR count). The van der Waals surface area contributed by atoms with E-state index >= 15 is 0 Å². The SMILES string of the molecule is O=C(NCCC(=O)N1CCN(c2cccc([N+](=O)[O-])c2)CC1)c1ccc(F)cc1F. The van der Waals surface area contributed by atoms with E-state index in [1.807, 2.05) is 4.90 Å². The van der Waals surface area contributed by atoms with Crippen LogP contribution in [-0.2, 0) is 4.79 Å². The molecular weight excluding hydrogens is 398 g/mol. The molecule has 1 N–H and O–H groups in total. The first kappa shape index (κ1) is 21.2. The maximum atomic E-state index is 13.6. The van der Waals surface area contributed by atoms with Crippen LogP contribution in [0.1, 0.15) is 16.8 Å². The first-order valence-electron chi connectivity index (χ1n) is 9.35. The number of carbonyl (C=O) groups is 2. The molecule has 0 unspecified atom stereocenters. The molecule has 1 saturated heterocycles. The largest absolute Gasteiger partial charge is 0.368 e. The lowest BCUT2D eigenvalue weighted by Crippen LogP contribution is -2.49. The van der Waals surface area contributed by atoms with Crippen LogP contribution in [0.2, 0.25) is 0 Å². The van der Waals surface area contributed by atoms with Crippen molar-refractivity contribution in [1.29, 1.82) is 0 Å². The molecule has 158 valence electrons. The van der Waals surface area contributed by atoms with Crippen molar-refractivity contribution in [2.75, 3.05) is 37.6 Å². The molecule has 1 aliphatic rings. The predicted molar refractivity (Wildman–Crippen MR) is 105 cm³/mol. The lowest BCUT2D eigenvalue weighted by Gasteiger charge is -2.36. The molecule has 1 fully saturated rings. The number of benzene rings is 2. The van der Waals surface area contributed by atoms with E-state index in [1.54, 1.807) is 17.0 Å². The second-order valence-corrected chi connectivity index (χ2v) is 6.77. The summed E-state index contributed by atoms with van der Waals surface area (Å²) >= 11 is 0. The highest BCUT2D eigenvalue weighted by Crippen LogP contribution is 2.22. The number of halogens is 2. The van der Waals surface area contributed by atoms with Crippen molar-refractivity contribution in [3.05, 3.63) is 69.8 Å². The van der Waals surface area contributed by atoms with Gasteiger partial charge in [0.1, 0.15) is 11.6 Å². The number of nitrogens with one attached hydrogen (secondary N) is 1. The molecule has 1 heterocycles. The van der Waals surface area contributed by atoms with Crippen molar-refractivity contribution >= 4 is 23.2 Å². The molecule has 0 saturated carbocycles. The fraction of sp³-hybridized carbons (Fsp3) is 0.300. The second-order valence-electron chi connectivity index (χ2n) is 6.77. The number of non-ortho nitro benzene ring substituents is 1. The summed E-state index contributed by atoms with van der Waals surface area (Å²) in [4.78, 5) is 38.4. The number of hydrogen-bond donors (Lipinski definition) is 1. The van der Waals surface area contributed by atoms with Crippen LogP contribution in [-0.4, -0.2) is 54.4 Å². The maximum Gasteiger partial charge on any atom is 0.271 e. The number of nitrogens with zero attached hydrogens (tertiary/aromatic N) is 3. The number of hydrogen-bond acceptors (Lipinski definition) is 5. The van der Waals surface area contributed by atoms with Gasteiger partial charge in [-0.15, -0.1) is 0 Å². The van der Waals surface area contributed by atoms with Crippen molar-refractivity contribution in [2.45, 2.75) is 6.42 Å². The first-order chi connectivity index (χ1) is 14.3. The average molecular weight is 418 g/mol. The van der Waals surface area contributed by atoms with Gasteiger partial charge in [0, 0.05) is 63.0 Å². The van der Waals surface area contributed by atoms with Crippen molar-refractivity contribution in [3.8, 4) is 0 Å². The molecule has 1 aliphatic heterocycles. The highest BCUT2D eigenvalue weighted by atomic mass is 19.1. The van der Waals surface area contributed by atoms with E-state index in [1.165, 1.54) is 12.1 Å². The lowest BCUT2D eigenvalue weighted by molar-refractivity contribution is -0.384. The average Bonchev–Trinajstić information content (AvgIpc) is 2.73. The molecular formula is C20H20F2N4O4. The molecule has 2 amide bonds. The number of piperazine rings is 1. The Balaban J connectivity index is 1.46. The van der Waals surface area contributed by atoms with E-state index in [2.05, 4.69) is 5.32 Å². The number of rotatable bonds is 6. The van der Waals surface area contributed by atoms with Crippen molar-refractivity contribution in [2.24, 2.45) is 0 Å². The van der Waals surface area contributed by atoms with Gasteiger partial charge in [-0.3, -0.25) is 19.7 Å². The monoisotopic (exact) mass is 418 g/mol. The van der Waals surface area contributed by atoms with Gasteiger partial charge < -0.3 is 15.1 Å². The molecule has 0 aromatic heterocycles. The number of nitro benzene ring substituents is 1. The molecule has 8 nitrogen and oxygen atoms in total. The standard InChI is InChI=1S/C20H20F2N4O4/c21-14-4-5-17(18(22)12-14)20(28)23-7-6-19(27)25-10-8-24(9-11-25)15-2-1-3-16(13-15)26(29)30/h1-5,12-13H,6-11H2,(H,23,28). The Labute approximate surface area is 171 Å². The van der Waals surface area contributed by atoms with Gasteiger partial charge >= 0.3 is 0 Å². The molecule has 0 spiro atoms. The Kier molecular flexibility index (Phi) is 6.55. The highest BCUT2D eigenvalue weighted by Gasteiger charge is 2.22. The third kappa shape index (κ3) is 5.07. The van der Waals surface area contributed by atoms with Gasteiger partial charge in [0.15, 0.2) is 0 Å². The Bertz CT molecular complexity index is 962. The van der Waals surface area contributed by atoms with Gasteiger partial charge in [-0.1, -0.05) is 6.07 Å². The highest BCUT2D eigenvalue weighted by molar-refractivity contribution is 5.94. The molecule has 2 aromatic rings. The minimum atomic E-state index is -0.962.